The normalized spacial score (nSPS) is 28.4. The van der Waals surface area contributed by atoms with Gasteiger partial charge in [-0.2, -0.15) is 5.26 Å². The van der Waals surface area contributed by atoms with Crippen molar-refractivity contribution in [3.05, 3.63) is 24.3 Å². The highest BCUT2D eigenvalue weighted by Crippen LogP contribution is 2.22. The van der Waals surface area contributed by atoms with Gasteiger partial charge in [-0.3, -0.25) is 0 Å². The number of rotatable bonds is 2. The van der Waals surface area contributed by atoms with Gasteiger partial charge in [0.2, 0.25) is 0 Å². The van der Waals surface area contributed by atoms with Gasteiger partial charge in [-0.15, -0.1) is 0 Å². The van der Waals surface area contributed by atoms with Gasteiger partial charge in [0.1, 0.15) is 0 Å². The Bertz CT molecular complexity index is 207. The second-order valence-electron chi connectivity index (χ2n) is 2.99. The number of nitriles is 1. The molecule has 2 atom stereocenters. The highest BCUT2D eigenvalue weighted by atomic mass is 14.2. The molecule has 0 spiro atoms. The number of allylic oxidation sites excluding steroid dienone is 4. The van der Waals surface area contributed by atoms with Gasteiger partial charge in [0.05, 0.1) is 6.07 Å². The lowest BCUT2D eigenvalue weighted by atomic mass is 9.87. The summed E-state index contributed by atoms with van der Waals surface area (Å²) in [7, 11) is 0. The Kier molecular flexibility index (Phi) is 2.92. The van der Waals surface area contributed by atoms with Crippen LogP contribution in [0.1, 0.15) is 19.8 Å². The fourth-order valence-corrected chi connectivity index (χ4v) is 1.35. The average molecular weight is 147 g/mol. The third kappa shape index (κ3) is 2.23. The van der Waals surface area contributed by atoms with E-state index in [2.05, 4.69) is 37.3 Å². The van der Waals surface area contributed by atoms with Crippen LogP contribution in [0.15, 0.2) is 24.3 Å². The van der Waals surface area contributed by atoms with Crippen molar-refractivity contribution in [3.8, 4) is 6.07 Å². The van der Waals surface area contributed by atoms with Crippen LogP contribution in [0.25, 0.3) is 0 Å². The van der Waals surface area contributed by atoms with Gasteiger partial charge in [0, 0.05) is 6.42 Å². The summed E-state index contributed by atoms with van der Waals surface area (Å²) in [5.41, 5.74) is 0. The van der Waals surface area contributed by atoms with Crippen LogP contribution in [-0.2, 0) is 0 Å². The molecule has 1 nitrogen and oxygen atoms in total. The summed E-state index contributed by atoms with van der Waals surface area (Å²) in [6, 6.07) is 2.18. The highest BCUT2D eigenvalue weighted by molar-refractivity contribution is 5.13. The molecule has 2 unspecified atom stereocenters. The fraction of sp³-hybridized carbons (Fsp3) is 0.500. The number of hydrogen-bond acceptors (Lipinski definition) is 1. The molecule has 0 bridgehead atoms. The minimum atomic E-state index is 0.583. The van der Waals surface area contributed by atoms with Crippen LogP contribution in [0.5, 0.6) is 0 Å². The molecule has 0 fully saturated rings. The van der Waals surface area contributed by atoms with E-state index in [1.165, 1.54) is 0 Å². The summed E-state index contributed by atoms with van der Waals surface area (Å²) < 4.78 is 0. The lowest BCUT2D eigenvalue weighted by molar-refractivity contribution is 0.477. The molecule has 0 N–H and O–H groups in total. The van der Waals surface area contributed by atoms with E-state index in [1.54, 1.807) is 0 Å². The summed E-state index contributed by atoms with van der Waals surface area (Å²) in [4.78, 5) is 0. The first-order valence-electron chi connectivity index (χ1n) is 4.06. The zero-order valence-electron chi connectivity index (χ0n) is 6.83. The van der Waals surface area contributed by atoms with Gasteiger partial charge >= 0.3 is 0 Å². The zero-order valence-corrected chi connectivity index (χ0v) is 6.83. The summed E-state index contributed by atoms with van der Waals surface area (Å²) in [5.74, 6) is 1.19. The highest BCUT2D eigenvalue weighted by Gasteiger charge is 2.12. The maximum atomic E-state index is 8.39. The topological polar surface area (TPSA) is 23.8 Å². The van der Waals surface area contributed by atoms with E-state index in [0.29, 0.717) is 18.3 Å². The van der Waals surface area contributed by atoms with Gasteiger partial charge in [0.25, 0.3) is 0 Å². The maximum absolute atomic E-state index is 8.39. The zero-order chi connectivity index (χ0) is 8.10. The third-order valence-corrected chi connectivity index (χ3v) is 2.15. The van der Waals surface area contributed by atoms with Gasteiger partial charge in [0.15, 0.2) is 0 Å². The lowest BCUT2D eigenvalue weighted by Crippen LogP contribution is -2.08. The molecule has 1 heteroatoms. The molecule has 0 radical (unpaired) electrons. The molecule has 1 rings (SSSR count). The Morgan fingerprint density at radius 1 is 1.36 bits per heavy atom. The van der Waals surface area contributed by atoms with E-state index < -0.39 is 0 Å². The van der Waals surface area contributed by atoms with Crippen molar-refractivity contribution in [2.45, 2.75) is 19.8 Å². The maximum Gasteiger partial charge on any atom is 0.0621 e. The molecule has 0 saturated carbocycles. The average Bonchev–Trinajstić information content (AvgIpc) is 2.03. The van der Waals surface area contributed by atoms with E-state index in [9.17, 15) is 0 Å². The van der Waals surface area contributed by atoms with E-state index in [4.69, 9.17) is 5.26 Å². The van der Waals surface area contributed by atoms with E-state index in [-0.39, 0.29) is 0 Å². The monoisotopic (exact) mass is 147 g/mol. The molecule has 1 aliphatic carbocycles. The van der Waals surface area contributed by atoms with Gasteiger partial charge < -0.3 is 0 Å². The Balaban J connectivity index is 2.40. The minimum Gasteiger partial charge on any atom is -0.198 e. The van der Waals surface area contributed by atoms with Crippen molar-refractivity contribution in [3.63, 3.8) is 0 Å². The predicted molar refractivity (Wildman–Crippen MR) is 45.8 cm³/mol. The van der Waals surface area contributed by atoms with Crippen molar-refractivity contribution in [2.75, 3.05) is 0 Å². The van der Waals surface area contributed by atoms with E-state index >= 15 is 0 Å². The molecule has 11 heavy (non-hydrogen) atoms. The SMILES string of the molecule is CC1C=CC=CC1CCC#N. The second-order valence-corrected chi connectivity index (χ2v) is 2.99. The molecule has 58 valence electrons. The van der Waals surface area contributed by atoms with Crippen molar-refractivity contribution in [2.24, 2.45) is 11.8 Å². The van der Waals surface area contributed by atoms with Crippen LogP contribution < -0.4 is 0 Å². The Hall–Kier alpha value is -1.03. The quantitative estimate of drug-likeness (QED) is 0.589. The second kappa shape index (κ2) is 3.98. The van der Waals surface area contributed by atoms with Crippen molar-refractivity contribution in [1.29, 1.82) is 5.26 Å². The molecule has 0 saturated heterocycles. The van der Waals surface area contributed by atoms with Crippen molar-refractivity contribution < 1.29 is 0 Å². The van der Waals surface area contributed by atoms with Gasteiger partial charge in [-0.1, -0.05) is 31.2 Å². The Labute approximate surface area is 68.0 Å². The Morgan fingerprint density at radius 3 is 2.73 bits per heavy atom. The summed E-state index contributed by atoms with van der Waals surface area (Å²) >= 11 is 0. The summed E-state index contributed by atoms with van der Waals surface area (Å²) in [6.45, 7) is 2.20. The first kappa shape index (κ1) is 8.07. The molecule has 0 aromatic rings. The molecule has 0 heterocycles. The molecular weight excluding hydrogens is 134 g/mol. The number of hydrogen-bond donors (Lipinski definition) is 0. The molecular formula is C10H13N. The third-order valence-electron chi connectivity index (χ3n) is 2.15. The number of nitrogens with zero attached hydrogens (tertiary/aromatic N) is 1. The molecule has 1 aliphatic rings. The van der Waals surface area contributed by atoms with Crippen LogP contribution in [0.2, 0.25) is 0 Å². The minimum absolute atomic E-state index is 0.583. The Morgan fingerprint density at radius 2 is 2.09 bits per heavy atom. The van der Waals surface area contributed by atoms with Gasteiger partial charge in [-0.05, 0) is 18.3 Å². The molecule has 0 aromatic heterocycles. The van der Waals surface area contributed by atoms with Crippen molar-refractivity contribution >= 4 is 0 Å². The van der Waals surface area contributed by atoms with E-state index in [1.807, 2.05) is 0 Å². The van der Waals surface area contributed by atoms with Crippen LogP contribution in [0.3, 0.4) is 0 Å². The fourth-order valence-electron chi connectivity index (χ4n) is 1.35. The van der Waals surface area contributed by atoms with Crippen LogP contribution in [0.4, 0.5) is 0 Å². The standard InChI is InChI=1S/C10H13N/c1-9-5-2-3-6-10(9)7-4-8-11/h2-3,5-6,9-10H,4,7H2,1H3. The van der Waals surface area contributed by atoms with Crippen LogP contribution in [0, 0.1) is 23.2 Å². The molecule has 0 aromatic carbocycles. The smallest absolute Gasteiger partial charge is 0.0621 e. The van der Waals surface area contributed by atoms with E-state index in [0.717, 1.165) is 6.42 Å². The summed E-state index contributed by atoms with van der Waals surface area (Å²) in [6.07, 6.45) is 10.2. The summed E-state index contributed by atoms with van der Waals surface area (Å²) in [5, 5.41) is 8.39. The lowest BCUT2D eigenvalue weighted by Gasteiger charge is -2.18. The molecule has 0 amide bonds. The largest absolute Gasteiger partial charge is 0.198 e. The predicted octanol–water partition coefficient (Wildman–Crippen LogP) is 2.67. The van der Waals surface area contributed by atoms with Crippen LogP contribution >= 0.6 is 0 Å². The van der Waals surface area contributed by atoms with Crippen molar-refractivity contribution in [1.82, 2.24) is 0 Å². The first-order chi connectivity index (χ1) is 5.34. The first-order valence-corrected chi connectivity index (χ1v) is 4.06. The van der Waals surface area contributed by atoms with Gasteiger partial charge in [-0.25, -0.2) is 0 Å². The van der Waals surface area contributed by atoms with Crippen LogP contribution in [-0.4, -0.2) is 0 Å². The molecule has 0 aliphatic heterocycles.